The van der Waals surface area contributed by atoms with Gasteiger partial charge in [0, 0.05) is 30.8 Å². The van der Waals surface area contributed by atoms with Crippen LogP contribution >= 0.6 is 11.3 Å². The highest BCUT2D eigenvalue weighted by molar-refractivity contribution is 7.89. The minimum absolute atomic E-state index is 0.0437. The van der Waals surface area contributed by atoms with Gasteiger partial charge in [-0.3, -0.25) is 14.9 Å². The van der Waals surface area contributed by atoms with Crippen LogP contribution < -0.4 is 5.32 Å². The Kier molecular flexibility index (Phi) is 5.59. The van der Waals surface area contributed by atoms with Crippen molar-refractivity contribution in [1.29, 1.82) is 0 Å². The minimum Gasteiger partial charge on any atom is -0.349 e. The van der Waals surface area contributed by atoms with Crippen LogP contribution in [0.1, 0.15) is 28.1 Å². The maximum atomic E-state index is 12.9. The Bertz CT molecular complexity index is 949. The van der Waals surface area contributed by atoms with Crippen molar-refractivity contribution in [2.24, 2.45) is 0 Å². The van der Waals surface area contributed by atoms with Crippen molar-refractivity contribution in [3.05, 3.63) is 56.3 Å². The molecule has 1 aromatic carbocycles. The van der Waals surface area contributed by atoms with Crippen LogP contribution in [0.2, 0.25) is 0 Å². The number of carbonyl (C=O) groups is 1. The molecule has 0 saturated carbocycles. The van der Waals surface area contributed by atoms with Crippen molar-refractivity contribution >= 4 is 33.0 Å². The Morgan fingerprint density at radius 1 is 1.26 bits per heavy atom. The van der Waals surface area contributed by atoms with Crippen molar-refractivity contribution in [2.45, 2.75) is 30.7 Å². The molecule has 0 bridgehead atoms. The highest BCUT2D eigenvalue weighted by atomic mass is 32.2. The van der Waals surface area contributed by atoms with E-state index in [0.29, 0.717) is 17.7 Å². The van der Waals surface area contributed by atoms with Gasteiger partial charge in [-0.15, -0.1) is 11.3 Å². The molecule has 0 unspecified atom stereocenters. The van der Waals surface area contributed by atoms with E-state index in [-0.39, 0.29) is 41.2 Å². The first-order valence-corrected chi connectivity index (χ1v) is 10.7. The van der Waals surface area contributed by atoms with Crippen molar-refractivity contribution in [3.63, 3.8) is 0 Å². The normalized spacial score (nSPS) is 16.2. The van der Waals surface area contributed by atoms with Crippen molar-refractivity contribution < 1.29 is 18.1 Å². The third-order valence-electron chi connectivity index (χ3n) is 4.60. The van der Waals surface area contributed by atoms with Gasteiger partial charge in [-0.05, 0) is 37.3 Å². The third-order valence-corrected chi connectivity index (χ3v) is 7.52. The first-order valence-electron chi connectivity index (χ1n) is 8.39. The molecule has 2 aromatic rings. The molecule has 1 N–H and O–H groups in total. The molecular formula is C17H19N3O5S2. The van der Waals surface area contributed by atoms with Crippen LogP contribution in [0.3, 0.4) is 0 Å². The molecule has 0 spiro atoms. The molecule has 1 fully saturated rings. The minimum atomic E-state index is -3.83. The average molecular weight is 409 g/mol. The predicted molar refractivity (Wildman–Crippen MR) is 101 cm³/mol. The largest absolute Gasteiger partial charge is 0.349 e. The summed E-state index contributed by atoms with van der Waals surface area (Å²) in [4.78, 5) is 23.2. The zero-order chi connectivity index (χ0) is 19.6. The number of hydrogen-bond donors (Lipinski definition) is 1. The number of rotatable bonds is 5. The van der Waals surface area contributed by atoms with E-state index in [4.69, 9.17) is 0 Å². The fourth-order valence-corrected chi connectivity index (χ4v) is 5.46. The van der Waals surface area contributed by atoms with Crippen LogP contribution in [-0.4, -0.2) is 42.7 Å². The average Bonchev–Trinajstić information content (AvgIpc) is 3.17. The lowest BCUT2D eigenvalue weighted by Gasteiger charge is -2.31. The summed E-state index contributed by atoms with van der Waals surface area (Å²) in [7, 11) is -3.83. The number of amides is 1. The molecule has 0 aliphatic carbocycles. The van der Waals surface area contributed by atoms with E-state index in [1.165, 1.54) is 40.8 Å². The zero-order valence-corrected chi connectivity index (χ0v) is 16.3. The summed E-state index contributed by atoms with van der Waals surface area (Å²) in [6.45, 7) is 1.94. The van der Waals surface area contributed by atoms with Crippen molar-refractivity contribution in [3.8, 4) is 0 Å². The second kappa shape index (κ2) is 7.75. The van der Waals surface area contributed by atoms with E-state index >= 15 is 0 Å². The summed E-state index contributed by atoms with van der Waals surface area (Å²) in [6, 6.07) is 7.51. The van der Waals surface area contributed by atoms with Gasteiger partial charge in [0.05, 0.1) is 14.7 Å². The van der Waals surface area contributed by atoms with Gasteiger partial charge in [0.25, 0.3) is 11.6 Å². The summed E-state index contributed by atoms with van der Waals surface area (Å²) < 4.78 is 27.2. The number of piperidine rings is 1. The van der Waals surface area contributed by atoms with E-state index < -0.39 is 14.9 Å². The highest BCUT2D eigenvalue weighted by Crippen LogP contribution is 2.28. The Labute approximate surface area is 161 Å². The Balaban J connectivity index is 1.69. The molecule has 1 aliphatic rings. The maximum Gasteiger partial charge on any atom is 0.273 e. The molecule has 1 saturated heterocycles. The van der Waals surface area contributed by atoms with Crippen LogP contribution in [0.25, 0.3) is 0 Å². The molecule has 144 valence electrons. The lowest BCUT2D eigenvalue weighted by molar-refractivity contribution is -0.385. The molecule has 0 radical (unpaired) electrons. The standard InChI is InChI=1S/C17H19N3O5S2/c1-12-14(20(22)23)4-2-6-16(12)27(24,25)19-9-7-13(8-10-19)18-17(21)15-5-3-11-26-15/h2-6,11,13H,7-10H2,1H3,(H,18,21). The van der Waals surface area contributed by atoms with Gasteiger partial charge in [0.1, 0.15) is 0 Å². The highest BCUT2D eigenvalue weighted by Gasteiger charge is 2.32. The SMILES string of the molecule is Cc1c([N+](=O)[O-])cccc1S(=O)(=O)N1CCC(NC(=O)c2cccs2)CC1. The van der Waals surface area contributed by atoms with E-state index in [1.807, 2.05) is 5.38 Å². The number of benzene rings is 1. The van der Waals surface area contributed by atoms with E-state index in [9.17, 15) is 23.3 Å². The summed E-state index contributed by atoms with van der Waals surface area (Å²) in [5.41, 5.74) is -0.0789. The second-order valence-corrected chi connectivity index (χ2v) is 9.14. The summed E-state index contributed by atoms with van der Waals surface area (Å²) in [6.07, 6.45) is 0.981. The smallest absolute Gasteiger partial charge is 0.273 e. The number of nitro groups is 1. The van der Waals surface area contributed by atoms with Crippen LogP contribution in [0.4, 0.5) is 5.69 Å². The lowest BCUT2D eigenvalue weighted by atomic mass is 10.1. The predicted octanol–water partition coefficient (Wildman–Crippen LogP) is 2.55. The van der Waals surface area contributed by atoms with Gasteiger partial charge < -0.3 is 5.32 Å². The number of nitrogens with one attached hydrogen (secondary N) is 1. The molecule has 3 rings (SSSR count). The second-order valence-electron chi connectivity index (χ2n) is 6.29. The Hall–Kier alpha value is -2.30. The van der Waals surface area contributed by atoms with E-state index in [0.717, 1.165) is 0 Å². The molecule has 27 heavy (non-hydrogen) atoms. The van der Waals surface area contributed by atoms with Crippen LogP contribution in [0.5, 0.6) is 0 Å². The van der Waals surface area contributed by atoms with Crippen LogP contribution in [0, 0.1) is 17.0 Å². The monoisotopic (exact) mass is 409 g/mol. The number of hydrogen-bond acceptors (Lipinski definition) is 6. The fraction of sp³-hybridized carbons (Fsp3) is 0.353. The molecule has 0 atom stereocenters. The molecule has 1 aromatic heterocycles. The third kappa shape index (κ3) is 4.02. The molecule has 2 heterocycles. The Morgan fingerprint density at radius 3 is 2.56 bits per heavy atom. The lowest BCUT2D eigenvalue weighted by Crippen LogP contribution is -2.46. The first-order chi connectivity index (χ1) is 12.8. The summed E-state index contributed by atoms with van der Waals surface area (Å²) in [5.74, 6) is -0.152. The van der Waals surface area contributed by atoms with Gasteiger partial charge in [-0.25, -0.2) is 8.42 Å². The van der Waals surface area contributed by atoms with Crippen molar-refractivity contribution in [2.75, 3.05) is 13.1 Å². The molecule has 10 heteroatoms. The first kappa shape index (κ1) is 19.5. The van der Waals surface area contributed by atoms with Gasteiger partial charge in [0.2, 0.25) is 10.0 Å². The van der Waals surface area contributed by atoms with Crippen LogP contribution in [-0.2, 0) is 10.0 Å². The topological polar surface area (TPSA) is 110 Å². The van der Waals surface area contributed by atoms with Crippen molar-refractivity contribution in [1.82, 2.24) is 9.62 Å². The molecule has 1 amide bonds. The summed E-state index contributed by atoms with van der Waals surface area (Å²) >= 11 is 1.35. The number of nitrogens with zero attached hydrogens (tertiary/aromatic N) is 2. The molecule has 8 nitrogen and oxygen atoms in total. The number of thiophene rings is 1. The van der Waals surface area contributed by atoms with Gasteiger partial charge in [-0.1, -0.05) is 12.1 Å². The van der Waals surface area contributed by atoms with Gasteiger partial charge in [-0.2, -0.15) is 4.31 Å². The number of sulfonamides is 1. The summed E-state index contributed by atoms with van der Waals surface area (Å²) in [5, 5.41) is 15.8. The van der Waals surface area contributed by atoms with E-state index in [1.54, 1.807) is 12.1 Å². The molecule has 1 aliphatic heterocycles. The van der Waals surface area contributed by atoms with Gasteiger partial charge >= 0.3 is 0 Å². The van der Waals surface area contributed by atoms with E-state index in [2.05, 4.69) is 5.32 Å². The zero-order valence-electron chi connectivity index (χ0n) is 14.6. The maximum absolute atomic E-state index is 12.9. The Morgan fingerprint density at radius 2 is 1.96 bits per heavy atom. The van der Waals surface area contributed by atoms with Crippen LogP contribution in [0.15, 0.2) is 40.6 Å². The quantitative estimate of drug-likeness (QED) is 0.603. The fourth-order valence-electron chi connectivity index (χ4n) is 3.12. The number of carbonyl (C=O) groups excluding carboxylic acids is 1. The molecular weight excluding hydrogens is 390 g/mol. The van der Waals surface area contributed by atoms with Gasteiger partial charge in [0.15, 0.2) is 0 Å². The number of nitro benzene ring substituents is 1.